The van der Waals surface area contributed by atoms with Gasteiger partial charge in [0.25, 0.3) is 5.92 Å². The summed E-state index contributed by atoms with van der Waals surface area (Å²) in [4.78, 5) is 3.52. The fourth-order valence-electron chi connectivity index (χ4n) is 1.93. The van der Waals surface area contributed by atoms with Gasteiger partial charge in [-0.1, -0.05) is 32.0 Å². The Labute approximate surface area is 137 Å². The van der Waals surface area contributed by atoms with Crippen molar-refractivity contribution in [3.05, 3.63) is 35.7 Å². The van der Waals surface area contributed by atoms with Gasteiger partial charge >= 0.3 is 11.8 Å². The summed E-state index contributed by atoms with van der Waals surface area (Å²) in [6.45, 7) is 5.29. The quantitative estimate of drug-likeness (QED) is 0.410. The largest absolute Gasteiger partial charge is 0.360 e. The van der Waals surface area contributed by atoms with Crippen molar-refractivity contribution in [1.82, 2.24) is 4.98 Å². The van der Waals surface area contributed by atoms with Gasteiger partial charge in [-0.3, -0.25) is 0 Å². The van der Waals surface area contributed by atoms with Crippen LogP contribution in [-0.2, 0) is 25.5 Å². The molecule has 0 bridgehead atoms. The van der Waals surface area contributed by atoms with Crippen molar-refractivity contribution in [2.45, 2.75) is 44.0 Å². The van der Waals surface area contributed by atoms with Crippen molar-refractivity contribution < 1.29 is 46.4 Å². The summed E-state index contributed by atoms with van der Waals surface area (Å²) in [5.74, 6) is -15.6. The van der Waals surface area contributed by atoms with Crippen LogP contribution < -0.4 is 0 Å². The van der Waals surface area contributed by atoms with Gasteiger partial charge in [-0.15, -0.1) is 11.6 Å². The van der Waals surface area contributed by atoms with E-state index in [2.05, 4.69) is 4.98 Å². The molecule has 1 aromatic heterocycles. The van der Waals surface area contributed by atoms with E-state index < -0.39 is 34.4 Å². The van der Waals surface area contributed by atoms with Gasteiger partial charge in [0.2, 0.25) is 0 Å². The second kappa shape index (κ2) is 5.34. The monoisotopic (exact) mass is 501 g/mol. The van der Waals surface area contributed by atoms with Crippen molar-refractivity contribution in [1.29, 1.82) is 0 Å². The van der Waals surface area contributed by atoms with Crippen LogP contribution in [0.5, 0.6) is 0 Å². The molecule has 1 aliphatic rings. The summed E-state index contributed by atoms with van der Waals surface area (Å²) in [5, 5.41) is 0. The molecule has 1 aliphatic carbocycles. The first-order valence-electron chi connectivity index (χ1n) is 6.07. The molecule has 1 heterocycles. The van der Waals surface area contributed by atoms with Gasteiger partial charge in [0.1, 0.15) is 0 Å². The summed E-state index contributed by atoms with van der Waals surface area (Å²) < 4.78 is 79.8. The van der Waals surface area contributed by atoms with Crippen LogP contribution in [0.3, 0.4) is 0 Å². The van der Waals surface area contributed by atoms with Crippen molar-refractivity contribution in [3.8, 4) is 0 Å². The average molecular weight is 500 g/mol. The molecule has 0 aliphatic heterocycles. The van der Waals surface area contributed by atoms with E-state index in [0.717, 1.165) is 18.3 Å². The molecule has 0 saturated carbocycles. The molecular formula is C14H12F6IrN-. The maximum atomic E-state index is 13.6. The minimum Gasteiger partial charge on any atom is -0.351 e. The third kappa shape index (κ3) is 2.71. The number of aromatic nitrogens is 1. The van der Waals surface area contributed by atoms with E-state index in [1.165, 1.54) is 6.07 Å². The Morgan fingerprint density at radius 2 is 1.59 bits per heavy atom. The van der Waals surface area contributed by atoms with E-state index >= 15 is 0 Å². The van der Waals surface area contributed by atoms with Crippen molar-refractivity contribution in [2.24, 2.45) is 0 Å². The second-order valence-corrected chi connectivity index (χ2v) is 5.90. The van der Waals surface area contributed by atoms with Crippen LogP contribution in [0.15, 0.2) is 18.3 Å². The number of hydrogen-bond donors (Lipinski definition) is 0. The number of alkyl halides is 6. The van der Waals surface area contributed by atoms with Crippen LogP contribution in [0.25, 0.3) is 5.57 Å². The Morgan fingerprint density at radius 3 is 2.00 bits per heavy atom. The molecule has 8 heteroatoms. The molecular weight excluding hydrogens is 488 g/mol. The molecule has 22 heavy (non-hydrogen) atoms. The van der Waals surface area contributed by atoms with Gasteiger partial charge in [-0.2, -0.15) is 23.6 Å². The first kappa shape index (κ1) is 19.2. The van der Waals surface area contributed by atoms with Crippen molar-refractivity contribution in [2.75, 3.05) is 0 Å². The molecule has 0 amide bonds. The zero-order valence-corrected chi connectivity index (χ0v) is 14.2. The molecule has 125 valence electrons. The van der Waals surface area contributed by atoms with Crippen molar-refractivity contribution in [3.63, 3.8) is 0 Å². The van der Waals surface area contributed by atoms with E-state index in [4.69, 9.17) is 0 Å². The smallest absolute Gasteiger partial charge is 0.351 e. The molecule has 0 unspecified atom stereocenters. The van der Waals surface area contributed by atoms with Gasteiger partial charge in [0, 0.05) is 26.3 Å². The molecule has 0 aromatic carbocycles. The Kier molecular flexibility index (Phi) is 4.65. The zero-order valence-electron chi connectivity index (χ0n) is 11.8. The van der Waals surface area contributed by atoms with Gasteiger partial charge in [-0.25, -0.2) is 8.78 Å². The summed E-state index contributed by atoms with van der Waals surface area (Å²) >= 11 is 0. The van der Waals surface area contributed by atoms with Gasteiger partial charge in [0.15, 0.2) is 0 Å². The topological polar surface area (TPSA) is 12.9 Å². The van der Waals surface area contributed by atoms with Gasteiger partial charge in [0.05, 0.1) is 0 Å². The number of nitrogens with zero attached hydrogens (tertiary/aromatic N) is 1. The summed E-state index contributed by atoms with van der Waals surface area (Å²) in [5.41, 5.74) is -2.15. The molecule has 0 atom stereocenters. The van der Waals surface area contributed by atoms with Gasteiger partial charge in [-0.05, 0) is 11.5 Å². The van der Waals surface area contributed by atoms with Crippen LogP contribution >= 0.6 is 0 Å². The molecule has 0 spiro atoms. The minimum atomic E-state index is -5.52. The number of halogens is 6. The maximum Gasteiger partial charge on any atom is 0.360 e. The minimum absolute atomic E-state index is 0. The SMILES string of the molecule is CC(C)(C)c1ccnc(C2=[C-]C(F)(F)C(F)(F)C2(F)F)c1.[Ir]. The molecule has 0 fully saturated rings. The Balaban J connectivity index is 0.00000242. The first-order valence-corrected chi connectivity index (χ1v) is 6.07. The Morgan fingerprint density at radius 1 is 1.05 bits per heavy atom. The number of allylic oxidation sites excluding steroid dienone is 2. The van der Waals surface area contributed by atoms with Gasteiger partial charge < -0.3 is 4.98 Å². The number of rotatable bonds is 1. The van der Waals surface area contributed by atoms with Crippen LogP contribution in [0.2, 0.25) is 0 Å². The van der Waals surface area contributed by atoms with E-state index in [-0.39, 0.29) is 20.1 Å². The van der Waals surface area contributed by atoms with E-state index in [0.29, 0.717) is 5.56 Å². The maximum absolute atomic E-state index is 13.6. The Bertz CT molecular complexity index is 604. The molecule has 1 nitrogen and oxygen atoms in total. The fraction of sp³-hybridized carbons (Fsp3) is 0.500. The van der Waals surface area contributed by atoms with E-state index in [1.807, 2.05) is 0 Å². The fourth-order valence-corrected chi connectivity index (χ4v) is 1.93. The first-order chi connectivity index (χ1) is 9.31. The summed E-state index contributed by atoms with van der Waals surface area (Å²) in [6, 6.07) is 2.61. The third-order valence-electron chi connectivity index (χ3n) is 3.27. The van der Waals surface area contributed by atoms with E-state index in [1.54, 1.807) is 20.8 Å². The predicted octanol–water partition coefficient (Wildman–Crippen LogP) is 4.48. The molecule has 2 rings (SSSR count). The summed E-state index contributed by atoms with van der Waals surface area (Å²) in [6.07, 6.45) is 2.05. The normalized spacial score (nSPS) is 22.0. The number of pyridine rings is 1. The molecule has 0 N–H and O–H groups in total. The van der Waals surface area contributed by atoms with Crippen LogP contribution in [0, 0.1) is 6.08 Å². The second-order valence-electron chi connectivity index (χ2n) is 5.90. The van der Waals surface area contributed by atoms with Crippen molar-refractivity contribution >= 4 is 5.57 Å². The molecule has 1 radical (unpaired) electrons. The molecule has 1 aromatic rings. The zero-order chi connectivity index (χ0) is 16.3. The predicted molar refractivity (Wildman–Crippen MR) is 64.4 cm³/mol. The van der Waals surface area contributed by atoms with E-state index in [9.17, 15) is 26.3 Å². The van der Waals surface area contributed by atoms with Crippen LogP contribution in [-0.4, -0.2) is 22.8 Å². The van der Waals surface area contributed by atoms with Crippen LogP contribution in [0.4, 0.5) is 26.3 Å². The number of hydrogen-bond acceptors (Lipinski definition) is 1. The standard InChI is InChI=1S/C14H12F6N.Ir/c1-11(2,3)8-4-5-21-10(6-8)9-7-12(15,16)14(19,20)13(9,17)18;/h4-6H,1-3H3;/q-1;. The summed E-state index contributed by atoms with van der Waals surface area (Å²) in [7, 11) is 0. The van der Waals surface area contributed by atoms with Crippen LogP contribution in [0.1, 0.15) is 32.0 Å². The molecule has 0 saturated heterocycles. The third-order valence-corrected chi connectivity index (χ3v) is 3.27. The Hall–Kier alpha value is -0.881. The average Bonchev–Trinajstić information content (AvgIpc) is 2.46.